The van der Waals surface area contributed by atoms with E-state index in [1.54, 1.807) is 0 Å². The summed E-state index contributed by atoms with van der Waals surface area (Å²) in [5.41, 5.74) is 0. The molecule has 2 aliphatic rings. The third kappa shape index (κ3) is 2.55. The first-order valence-electron chi connectivity index (χ1n) is 6.32. The Morgan fingerprint density at radius 3 is 2.75 bits per heavy atom. The maximum Gasteiger partial charge on any atom is 0.227 e. The molecule has 0 spiro atoms. The van der Waals surface area contributed by atoms with Gasteiger partial charge in [-0.15, -0.1) is 0 Å². The summed E-state index contributed by atoms with van der Waals surface area (Å²) in [6.07, 6.45) is 2.26. The molecule has 92 valence electrons. The highest BCUT2D eigenvalue weighted by atomic mass is 16.5. The van der Waals surface area contributed by atoms with Gasteiger partial charge >= 0.3 is 0 Å². The maximum atomic E-state index is 12.0. The molecule has 0 radical (unpaired) electrons. The predicted octanol–water partition coefficient (Wildman–Crippen LogP) is 0.526. The van der Waals surface area contributed by atoms with Crippen LogP contribution in [0.15, 0.2) is 0 Å². The molecule has 2 rings (SSSR count). The largest absolute Gasteiger partial charge is 0.379 e. The molecule has 1 heterocycles. The second-order valence-electron chi connectivity index (χ2n) is 5.09. The third-order valence-electron chi connectivity index (χ3n) is 3.60. The van der Waals surface area contributed by atoms with Crippen LogP contribution in [-0.4, -0.2) is 37.7 Å². The Labute approximate surface area is 97.1 Å². The van der Waals surface area contributed by atoms with Gasteiger partial charge in [0.15, 0.2) is 0 Å². The van der Waals surface area contributed by atoms with E-state index in [9.17, 15) is 4.79 Å². The second kappa shape index (κ2) is 5.15. The molecule has 2 atom stereocenters. The van der Waals surface area contributed by atoms with Crippen molar-refractivity contribution in [1.29, 1.82) is 0 Å². The maximum absolute atomic E-state index is 12.0. The number of amides is 1. The molecule has 2 N–H and O–H groups in total. The minimum atomic E-state index is -0.00384. The van der Waals surface area contributed by atoms with Crippen LogP contribution in [0.2, 0.25) is 0 Å². The van der Waals surface area contributed by atoms with Crippen LogP contribution in [0.4, 0.5) is 0 Å². The zero-order valence-corrected chi connectivity index (χ0v) is 10.2. The summed E-state index contributed by atoms with van der Waals surface area (Å²) in [6, 6.07) is 0.605. The van der Waals surface area contributed by atoms with Gasteiger partial charge < -0.3 is 15.4 Å². The molecule has 0 aromatic heterocycles. The number of carbonyl (C=O) groups is 1. The quantitative estimate of drug-likeness (QED) is 0.735. The van der Waals surface area contributed by atoms with Crippen molar-refractivity contribution in [2.24, 2.45) is 11.8 Å². The predicted molar refractivity (Wildman–Crippen MR) is 62.1 cm³/mol. The fourth-order valence-corrected chi connectivity index (χ4v) is 2.60. The second-order valence-corrected chi connectivity index (χ2v) is 5.09. The Bertz CT molecular complexity index is 251. The van der Waals surface area contributed by atoms with E-state index >= 15 is 0 Å². The van der Waals surface area contributed by atoms with E-state index in [1.807, 2.05) is 0 Å². The standard InChI is InChI=1S/C12H22N2O2/c1-3-13-11-7-16-6-10(11)12(15)14-9-4-8(2)5-9/h8-11,13H,3-7H2,1-2H3,(H,14,15). The van der Waals surface area contributed by atoms with Crippen LogP contribution in [0.25, 0.3) is 0 Å². The fourth-order valence-electron chi connectivity index (χ4n) is 2.60. The normalized spacial score (nSPS) is 38.1. The highest BCUT2D eigenvalue weighted by Crippen LogP contribution is 2.27. The fraction of sp³-hybridized carbons (Fsp3) is 0.917. The molecule has 0 aromatic rings. The van der Waals surface area contributed by atoms with Crippen molar-refractivity contribution in [2.45, 2.75) is 38.8 Å². The zero-order valence-electron chi connectivity index (χ0n) is 10.2. The van der Waals surface area contributed by atoms with E-state index in [4.69, 9.17) is 4.74 Å². The van der Waals surface area contributed by atoms with Crippen LogP contribution in [-0.2, 0) is 9.53 Å². The molecule has 1 saturated heterocycles. The van der Waals surface area contributed by atoms with Crippen molar-refractivity contribution in [3.05, 3.63) is 0 Å². The average molecular weight is 226 g/mol. The van der Waals surface area contributed by atoms with Gasteiger partial charge in [0.05, 0.1) is 19.1 Å². The number of hydrogen-bond donors (Lipinski definition) is 2. The minimum absolute atomic E-state index is 0.00384. The first kappa shape index (κ1) is 11.9. The number of carbonyl (C=O) groups excluding carboxylic acids is 1. The summed E-state index contributed by atoms with van der Waals surface area (Å²) in [6.45, 7) is 6.39. The molecule has 1 aliphatic heterocycles. The minimum Gasteiger partial charge on any atom is -0.379 e. The topological polar surface area (TPSA) is 50.4 Å². The summed E-state index contributed by atoms with van der Waals surface area (Å²) in [7, 11) is 0. The van der Waals surface area contributed by atoms with E-state index < -0.39 is 0 Å². The molecule has 16 heavy (non-hydrogen) atoms. The van der Waals surface area contributed by atoms with Crippen LogP contribution in [0.1, 0.15) is 26.7 Å². The van der Waals surface area contributed by atoms with Gasteiger partial charge in [0.25, 0.3) is 0 Å². The van der Waals surface area contributed by atoms with Crippen LogP contribution in [0.5, 0.6) is 0 Å². The Morgan fingerprint density at radius 2 is 2.12 bits per heavy atom. The Hall–Kier alpha value is -0.610. The van der Waals surface area contributed by atoms with Gasteiger partial charge in [-0.2, -0.15) is 0 Å². The van der Waals surface area contributed by atoms with Crippen LogP contribution in [0.3, 0.4) is 0 Å². The lowest BCUT2D eigenvalue weighted by Crippen LogP contribution is -2.50. The van der Waals surface area contributed by atoms with E-state index in [0.29, 0.717) is 19.3 Å². The smallest absolute Gasteiger partial charge is 0.227 e. The van der Waals surface area contributed by atoms with E-state index in [-0.39, 0.29) is 17.9 Å². The van der Waals surface area contributed by atoms with Gasteiger partial charge in [-0.3, -0.25) is 4.79 Å². The molecule has 0 aromatic carbocycles. The molecular weight excluding hydrogens is 204 g/mol. The molecule has 1 amide bonds. The van der Waals surface area contributed by atoms with Crippen molar-refractivity contribution in [3.63, 3.8) is 0 Å². The van der Waals surface area contributed by atoms with E-state index in [1.165, 1.54) is 0 Å². The van der Waals surface area contributed by atoms with Crippen molar-refractivity contribution in [2.75, 3.05) is 19.8 Å². The molecule has 1 saturated carbocycles. The Balaban J connectivity index is 1.79. The zero-order chi connectivity index (χ0) is 11.5. The number of nitrogens with one attached hydrogen (secondary N) is 2. The summed E-state index contributed by atoms with van der Waals surface area (Å²) >= 11 is 0. The Morgan fingerprint density at radius 1 is 1.38 bits per heavy atom. The third-order valence-corrected chi connectivity index (χ3v) is 3.60. The molecule has 4 nitrogen and oxygen atoms in total. The molecule has 4 heteroatoms. The van der Waals surface area contributed by atoms with Crippen molar-refractivity contribution < 1.29 is 9.53 Å². The van der Waals surface area contributed by atoms with E-state index in [2.05, 4.69) is 24.5 Å². The lowest BCUT2D eigenvalue weighted by atomic mass is 9.81. The SMILES string of the molecule is CCNC1COCC1C(=O)NC1CC(C)C1. The number of hydrogen-bond acceptors (Lipinski definition) is 3. The summed E-state index contributed by atoms with van der Waals surface area (Å²) in [5, 5.41) is 6.43. The molecular formula is C12H22N2O2. The Kier molecular flexibility index (Phi) is 3.82. The summed E-state index contributed by atoms with van der Waals surface area (Å²) in [5.74, 6) is 0.936. The van der Waals surface area contributed by atoms with Crippen LogP contribution >= 0.6 is 0 Å². The molecule has 0 bridgehead atoms. The number of ether oxygens (including phenoxy) is 1. The van der Waals surface area contributed by atoms with Crippen molar-refractivity contribution >= 4 is 5.91 Å². The van der Waals surface area contributed by atoms with E-state index in [0.717, 1.165) is 25.3 Å². The highest BCUT2D eigenvalue weighted by Gasteiger charge is 2.36. The lowest BCUT2D eigenvalue weighted by Gasteiger charge is -2.34. The van der Waals surface area contributed by atoms with Gasteiger partial charge in [-0.05, 0) is 25.3 Å². The van der Waals surface area contributed by atoms with Crippen LogP contribution in [0, 0.1) is 11.8 Å². The average Bonchev–Trinajstić information content (AvgIpc) is 2.64. The number of rotatable bonds is 4. The first-order valence-corrected chi connectivity index (χ1v) is 6.32. The van der Waals surface area contributed by atoms with Gasteiger partial charge in [0, 0.05) is 12.1 Å². The van der Waals surface area contributed by atoms with Crippen molar-refractivity contribution in [3.8, 4) is 0 Å². The molecule has 2 unspecified atom stereocenters. The van der Waals surface area contributed by atoms with Crippen molar-refractivity contribution in [1.82, 2.24) is 10.6 Å². The lowest BCUT2D eigenvalue weighted by molar-refractivity contribution is -0.127. The monoisotopic (exact) mass is 226 g/mol. The summed E-state index contributed by atoms with van der Waals surface area (Å²) in [4.78, 5) is 12.0. The van der Waals surface area contributed by atoms with Gasteiger partial charge in [0.2, 0.25) is 5.91 Å². The molecule has 2 fully saturated rings. The molecule has 1 aliphatic carbocycles. The summed E-state index contributed by atoms with van der Waals surface area (Å²) < 4.78 is 5.37. The van der Waals surface area contributed by atoms with Gasteiger partial charge in [0.1, 0.15) is 0 Å². The number of likely N-dealkylation sites (N-methyl/N-ethyl adjacent to an activating group) is 1. The van der Waals surface area contributed by atoms with Gasteiger partial charge in [-0.25, -0.2) is 0 Å². The van der Waals surface area contributed by atoms with Crippen LogP contribution < -0.4 is 10.6 Å². The highest BCUT2D eigenvalue weighted by molar-refractivity contribution is 5.80. The first-order chi connectivity index (χ1) is 7.70. The van der Waals surface area contributed by atoms with Gasteiger partial charge in [-0.1, -0.05) is 13.8 Å².